The largest absolute Gasteiger partial charge is 0.457 e. The quantitative estimate of drug-likeness (QED) is 0.460. The lowest BCUT2D eigenvalue weighted by Gasteiger charge is -2.12. The highest BCUT2D eigenvalue weighted by molar-refractivity contribution is 6.34. The summed E-state index contributed by atoms with van der Waals surface area (Å²) in [5, 5.41) is 16.0. The second-order valence-corrected chi connectivity index (χ2v) is 8.15. The summed E-state index contributed by atoms with van der Waals surface area (Å²) in [7, 11) is 0. The highest BCUT2D eigenvalue weighted by atomic mass is 35.5. The molecular weight excluding hydrogens is 374 g/mol. The second-order valence-electron chi connectivity index (χ2n) is 7.75. The monoisotopic (exact) mass is 395 g/mol. The van der Waals surface area contributed by atoms with E-state index in [0.29, 0.717) is 22.3 Å². The van der Waals surface area contributed by atoms with Crippen LogP contribution in [0.5, 0.6) is 0 Å². The Morgan fingerprint density at radius 1 is 1.14 bits per heavy atom. The van der Waals surface area contributed by atoms with Crippen molar-refractivity contribution in [2.45, 2.75) is 39.3 Å². The maximum Gasteiger partial charge on any atom is 0.223 e. The zero-order valence-corrected chi connectivity index (χ0v) is 17.0. The first-order valence-electron chi connectivity index (χ1n) is 9.21. The zero-order chi connectivity index (χ0) is 20.1. The minimum atomic E-state index is -1.12. The Bertz CT molecular complexity index is 1180. The number of furan rings is 1. The van der Waals surface area contributed by atoms with Crippen LogP contribution in [-0.4, -0.2) is 21.1 Å². The van der Waals surface area contributed by atoms with Crippen molar-refractivity contribution in [3.63, 3.8) is 0 Å². The summed E-state index contributed by atoms with van der Waals surface area (Å²) in [6.45, 7) is 7.47. The van der Waals surface area contributed by atoms with Gasteiger partial charge >= 0.3 is 0 Å². The number of rotatable bonds is 4. The van der Waals surface area contributed by atoms with Crippen LogP contribution in [0, 0.1) is 0 Å². The highest BCUT2D eigenvalue weighted by Gasteiger charge is 2.24. The molecule has 4 rings (SSSR count). The van der Waals surface area contributed by atoms with Gasteiger partial charge in [-0.15, -0.1) is 0 Å². The van der Waals surface area contributed by atoms with E-state index >= 15 is 0 Å². The van der Waals surface area contributed by atoms with E-state index in [2.05, 4.69) is 10.3 Å². The third kappa shape index (κ3) is 3.32. The van der Waals surface area contributed by atoms with E-state index in [4.69, 9.17) is 21.0 Å². The predicted octanol–water partition coefficient (Wildman–Crippen LogP) is 5.74. The lowest BCUT2D eigenvalue weighted by atomic mass is 10.00. The van der Waals surface area contributed by atoms with Crippen LogP contribution in [0.3, 0.4) is 0 Å². The Kier molecular flexibility index (Phi) is 4.52. The van der Waals surface area contributed by atoms with E-state index in [9.17, 15) is 5.11 Å². The first-order chi connectivity index (χ1) is 13.2. The van der Waals surface area contributed by atoms with E-state index in [1.54, 1.807) is 20.0 Å². The van der Waals surface area contributed by atoms with Gasteiger partial charge in [-0.05, 0) is 45.9 Å². The van der Waals surface area contributed by atoms with Gasteiger partial charge in [0.2, 0.25) is 5.95 Å². The number of fused-ring (bicyclic) bond motifs is 3. The summed E-state index contributed by atoms with van der Waals surface area (Å²) in [5.74, 6) is 1.03. The minimum absolute atomic E-state index is 0.214. The van der Waals surface area contributed by atoms with Crippen molar-refractivity contribution in [1.82, 2.24) is 9.97 Å². The van der Waals surface area contributed by atoms with Gasteiger partial charge in [-0.2, -0.15) is 0 Å². The van der Waals surface area contributed by atoms with Gasteiger partial charge in [0.25, 0.3) is 0 Å². The number of aliphatic hydroxyl groups is 1. The van der Waals surface area contributed by atoms with Crippen LogP contribution in [0.4, 0.5) is 5.95 Å². The van der Waals surface area contributed by atoms with E-state index in [1.165, 1.54) is 0 Å². The van der Waals surface area contributed by atoms with Crippen molar-refractivity contribution < 1.29 is 9.52 Å². The van der Waals surface area contributed by atoms with E-state index in [1.807, 2.05) is 50.2 Å². The molecule has 2 aromatic carbocycles. The van der Waals surface area contributed by atoms with Crippen LogP contribution in [-0.2, 0) is 5.60 Å². The lowest BCUT2D eigenvalue weighted by Crippen LogP contribution is -2.13. The highest BCUT2D eigenvalue weighted by Crippen LogP contribution is 2.40. The fourth-order valence-corrected chi connectivity index (χ4v) is 3.45. The molecule has 0 bridgehead atoms. The molecule has 2 heterocycles. The van der Waals surface area contributed by atoms with Crippen LogP contribution < -0.4 is 5.32 Å². The Hall–Kier alpha value is -2.63. The summed E-state index contributed by atoms with van der Waals surface area (Å²) in [6, 6.07) is 11.7. The van der Waals surface area contributed by atoms with Gasteiger partial charge in [0, 0.05) is 39.2 Å². The number of nitrogens with one attached hydrogen (secondary N) is 1. The maximum absolute atomic E-state index is 10.5. The first-order valence-corrected chi connectivity index (χ1v) is 9.59. The molecular formula is C22H22ClN3O2. The van der Waals surface area contributed by atoms with E-state index < -0.39 is 5.60 Å². The minimum Gasteiger partial charge on any atom is -0.457 e. The number of anilines is 1. The van der Waals surface area contributed by atoms with Crippen LogP contribution in [0.2, 0.25) is 5.02 Å². The smallest absolute Gasteiger partial charge is 0.223 e. The van der Waals surface area contributed by atoms with Crippen molar-refractivity contribution in [2.75, 3.05) is 5.32 Å². The SMILES string of the molecule is CC(C)Nc1ncc2cc(-c3ccccc3Cl)c3oc(C(C)(C)O)cc3c2n1. The molecule has 0 amide bonds. The van der Waals surface area contributed by atoms with Gasteiger partial charge in [-0.1, -0.05) is 29.8 Å². The Morgan fingerprint density at radius 3 is 2.57 bits per heavy atom. The molecule has 0 atom stereocenters. The maximum atomic E-state index is 10.5. The van der Waals surface area contributed by atoms with E-state index in [0.717, 1.165) is 27.4 Å². The molecule has 2 aromatic heterocycles. The molecule has 6 heteroatoms. The van der Waals surface area contributed by atoms with Crippen molar-refractivity contribution in [3.05, 3.63) is 53.4 Å². The number of hydrogen-bond acceptors (Lipinski definition) is 5. The van der Waals surface area contributed by atoms with Gasteiger partial charge < -0.3 is 14.8 Å². The molecule has 5 nitrogen and oxygen atoms in total. The van der Waals surface area contributed by atoms with Crippen LogP contribution in [0.1, 0.15) is 33.5 Å². The zero-order valence-electron chi connectivity index (χ0n) is 16.2. The molecule has 144 valence electrons. The van der Waals surface area contributed by atoms with Crippen LogP contribution >= 0.6 is 11.6 Å². The fraction of sp³-hybridized carbons (Fsp3) is 0.273. The number of nitrogens with zero attached hydrogens (tertiary/aromatic N) is 2. The number of halogens is 1. The summed E-state index contributed by atoms with van der Waals surface area (Å²) in [4.78, 5) is 9.13. The fourth-order valence-electron chi connectivity index (χ4n) is 3.21. The topological polar surface area (TPSA) is 71.2 Å². The van der Waals surface area contributed by atoms with Gasteiger partial charge in [-0.25, -0.2) is 9.97 Å². The van der Waals surface area contributed by atoms with Crippen molar-refractivity contribution in [2.24, 2.45) is 0 Å². The first kappa shape index (κ1) is 18.7. The molecule has 2 N–H and O–H groups in total. The third-order valence-electron chi connectivity index (χ3n) is 4.53. The summed E-state index contributed by atoms with van der Waals surface area (Å²) >= 11 is 6.46. The Morgan fingerprint density at radius 2 is 1.89 bits per heavy atom. The molecule has 0 radical (unpaired) electrons. The predicted molar refractivity (Wildman–Crippen MR) is 114 cm³/mol. The second kappa shape index (κ2) is 6.76. The molecule has 0 unspecified atom stereocenters. The average Bonchev–Trinajstić information content (AvgIpc) is 3.07. The molecule has 0 fully saturated rings. The Labute approximate surface area is 168 Å². The molecule has 0 aliphatic heterocycles. The number of benzene rings is 2. The van der Waals surface area contributed by atoms with Gasteiger partial charge in [0.15, 0.2) is 0 Å². The molecule has 0 aliphatic carbocycles. The summed E-state index contributed by atoms with van der Waals surface area (Å²) in [5.41, 5.74) is 2.00. The summed E-state index contributed by atoms with van der Waals surface area (Å²) in [6.07, 6.45) is 1.80. The van der Waals surface area contributed by atoms with Crippen molar-refractivity contribution in [3.8, 4) is 11.1 Å². The van der Waals surface area contributed by atoms with Gasteiger partial charge in [0.1, 0.15) is 16.9 Å². The third-order valence-corrected chi connectivity index (χ3v) is 4.86. The lowest BCUT2D eigenvalue weighted by molar-refractivity contribution is 0.0559. The van der Waals surface area contributed by atoms with Crippen LogP contribution in [0.25, 0.3) is 33.0 Å². The summed E-state index contributed by atoms with van der Waals surface area (Å²) < 4.78 is 6.11. The van der Waals surface area contributed by atoms with Crippen molar-refractivity contribution in [1.29, 1.82) is 0 Å². The molecule has 0 saturated heterocycles. The van der Waals surface area contributed by atoms with Gasteiger partial charge in [-0.3, -0.25) is 0 Å². The molecule has 0 aliphatic rings. The normalized spacial score (nSPS) is 12.2. The van der Waals surface area contributed by atoms with Crippen molar-refractivity contribution >= 4 is 39.4 Å². The number of hydrogen-bond donors (Lipinski definition) is 2. The molecule has 28 heavy (non-hydrogen) atoms. The standard InChI is InChI=1S/C22H22ClN3O2/c1-12(2)25-21-24-11-13-9-15(14-7-5-6-8-17(14)23)20-16(19(13)26-21)10-18(28-20)22(3,4)27/h5-12,27H,1-4H3,(H,24,25,26). The molecule has 4 aromatic rings. The average molecular weight is 396 g/mol. The van der Waals surface area contributed by atoms with Crippen LogP contribution in [0.15, 0.2) is 47.0 Å². The Balaban J connectivity index is 2.07. The molecule has 0 spiro atoms. The van der Waals surface area contributed by atoms with E-state index in [-0.39, 0.29) is 6.04 Å². The van der Waals surface area contributed by atoms with Gasteiger partial charge in [0.05, 0.1) is 5.52 Å². The number of aromatic nitrogens is 2. The molecule has 0 saturated carbocycles.